The number of fused-ring (bicyclic) bond motifs is 2. The zero-order chi connectivity index (χ0) is 13.1. The predicted octanol–water partition coefficient (Wildman–Crippen LogP) is 0.496. The summed E-state index contributed by atoms with van der Waals surface area (Å²) in [7, 11) is 0. The molecule has 5 heteroatoms. The Morgan fingerprint density at radius 2 is 1.89 bits per heavy atom. The molecule has 0 aromatic rings. The van der Waals surface area contributed by atoms with E-state index in [9.17, 15) is 14.7 Å². The highest BCUT2D eigenvalue weighted by molar-refractivity contribution is 5.96. The number of aliphatic hydroxyl groups excluding tert-OH is 1. The van der Waals surface area contributed by atoms with Crippen LogP contribution in [0.1, 0.15) is 39.0 Å². The van der Waals surface area contributed by atoms with Gasteiger partial charge in [0.25, 0.3) is 0 Å². The van der Waals surface area contributed by atoms with Gasteiger partial charge in [-0.25, -0.2) is 0 Å². The van der Waals surface area contributed by atoms with Gasteiger partial charge in [0.2, 0.25) is 0 Å². The van der Waals surface area contributed by atoms with E-state index in [0.717, 1.165) is 25.7 Å². The molecule has 2 aliphatic heterocycles. The summed E-state index contributed by atoms with van der Waals surface area (Å²) in [6, 6.07) is 0.620. The Bertz CT molecular complexity index is 317. The number of hydrogen-bond donors (Lipinski definition) is 1. The Hall–Kier alpha value is -0.940. The van der Waals surface area contributed by atoms with Crippen LogP contribution in [0.3, 0.4) is 0 Å². The number of hydrogen-bond acceptors (Lipinski definition) is 5. The summed E-state index contributed by atoms with van der Waals surface area (Å²) in [6.45, 7) is 2.36. The first-order chi connectivity index (χ1) is 8.60. The summed E-state index contributed by atoms with van der Waals surface area (Å²) in [6.07, 6.45) is 3.25. The van der Waals surface area contributed by atoms with E-state index in [0.29, 0.717) is 25.2 Å². The van der Waals surface area contributed by atoms with Crippen molar-refractivity contribution in [1.29, 1.82) is 0 Å². The van der Waals surface area contributed by atoms with Crippen molar-refractivity contribution in [2.75, 3.05) is 13.2 Å². The van der Waals surface area contributed by atoms with Crippen molar-refractivity contribution in [3.63, 3.8) is 0 Å². The standard InChI is InChI=1S/C13H21NO4/c1-2-18-13(17)7-12(16)8-14-9-3-4-10(14)6-11(15)5-9/h9-11,15H,2-8H2,1H3. The number of ether oxygens (including phenoxy) is 1. The van der Waals surface area contributed by atoms with E-state index in [1.54, 1.807) is 6.92 Å². The van der Waals surface area contributed by atoms with Crippen molar-refractivity contribution in [1.82, 2.24) is 4.90 Å². The average molecular weight is 255 g/mol. The molecule has 0 saturated carbocycles. The normalized spacial score (nSPS) is 31.3. The van der Waals surface area contributed by atoms with Gasteiger partial charge in [-0.3, -0.25) is 14.5 Å². The molecule has 5 nitrogen and oxygen atoms in total. The van der Waals surface area contributed by atoms with Gasteiger partial charge >= 0.3 is 5.97 Å². The number of carbonyl (C=O) groups excluding carboxylic acids is 2. The maximum Gasteiger partial charge on any atom is 0.313 e. The highest BCUT2D eigenvalue weighted by atomic mass is 16.5. The molecule has 0 amide bonds. The molecule has 0 radical (unpaired) electrons. The Kier molecular flexibility index (Phi) is 4.35. The summed E-state index contributed by atoms with van der Waals surface area (Å²) in [4.78, 5) is 25.2. The minimum atomic E-state index is -0.438. The van der Waals surface area contributed by atoms with E-state index < -0.39 is 5.97 Å². The van der Waals surface area contributed by atoms with Crippen LogP contribution in [0.25, 0.3) is 0 Å². The van der Waals surface area contributed by atoms with Crippen LogP contribution in [-0.4, -0.2) is 53.1 Å². The first-order valence-corrected chi connectivity index (χ1v) is 6.71. The van der Waals surface area contributed by atoms with Crippen LogP contribution in [0.4, 0.5) is 0 Å². The molecule has 2 fully saturated rings. The quantitative estimate of drug-likeness (QED) is 0.572. The van der Waals surface area contributed by atoms with Crippen molar-refractivity contribution >= 4 is 11.8 Å². The lowest BCUT2D eigenvalue weighted by Gasteiger charge is -2.36. The van der Waals surface area contributed by atoms with Gasteiger partial charge in [0.1, 0.15) is 6.42 Å². The van der Waals surface area contributed by atoms with Gasteiger partial charge < -0.3 is 9.84 Å². The van der Waals surface area contributed by atoms with Gasteiger partial charge in [0.05, 0.1) is 19.3 Å². The minimum Gasteiger partial charge on any atom is -0.466 e. The maximum atomic E-state index is 11.8. The van der Waals surface area contributed by atoms with E-state index in [2.05, 4.69) is 4.90 Å². The summed E-state index contributed by atoms with van der Waals surface area (Å²) < 4.78 is 4.77. The van der Waals surface area contributed by atoms with Crippen LogP contribution < -0.4 is 0 Å². The Labute approximate surface area is 107 Å². The topological polar surface area (TPSA) is 66.8 Å². The zero-order valence-electron chi connectivity index (χ0n) is 10.8. The lowest BCUT2D eigenvalue weighted by molar-refractivity contribution is -0.146. The second kappa shape index (κ2) is 5.80. The molecule has 0 spiro atoms. The molecule has 2 unspecified atom stereocenters. The molecule has 2 atom stereocenters. The first kappa shape index (κ1) is 13.5. The largest absolute Gasteiger partial charge is 0.466 e. The van der Waals surface area contributed by atoms with Gasteiger partial charge in [-0.15, -0.1) is 0 Å². The highest BCUT2D eigenvalue weighted by Gasteiger charge is 2.40. The third kappa shape index (κ3) is 3.09. The number of ketones is 1. The van der Waals surface area contributed by atoms with Crippen LogP contribution in [0.15, 0.2) is 0 Å². The maximum absolute atomic E-state index is 11.8. The lowest BCUT2D eigenvalue weighted by Crippen LogP contribution is -2.47. The number of carbonyl (C=O) groups is 2. The number of Topliss-reactive ketones (excluding diaryl/α,β-unsaturated/α-hetero) is 1. The van der Waals surface area contributed by atoms with E-state index >= 15 is 0 Å². The monoisotopic (exact) mass is 255 g/mol. The summed E-state index contributed by atoms with van der Waals surface area (Å²) in [5.74, 6) is -0.520. The fraction of sp³-hybridized carbons (Fsp3) is 0.846. The Balaban J connectivity index is 1.83. The molecule has 2 aliphatic rings. The lowest BCUT2D eigenvalue weighted by atomic mass is 9.99. The third-order valence-corrected chi connectivity index (χ3v) is 3.87. The molecule has 2 rings (SSSR count). The second-order valence-corrected chi connectivity index (χ2v) is 5.20. The SMILES string of the molecule is CCOC(=O)CC(=O)CN1C2CCC1CC(O)C2. The molecule has 0 aromatic carbocycles. The second-order valence-electron chi connectivity index (χ2n) is 5.20. The number of nitrogens with zero attached hydrogens (tertiary/aromatic N) is 1. The van der Waals surface area contributed by atoms with Crippen molar-refractivity contribution in [2.45, 2.75) is 57.2 Å². The van der Waals surface area contributed by atoms with E-state index in [1.165, 1.54) is 0 Å². The number of esters is 1. The van der Waals surface area contributed by atoms with Crippen LogP contribution in [0.5, 0.6) is 0 Å². The number of rotatable bonds is 5. The first-order valence-electron chi connectivity index (χ1n) is 6.71. The fourth-order valence-corrected chi connectivity index (χ4v) is 3.14. The van der Waals surface area contributed by atoms with Crippen molar-refractivity contribution < 1.29 is 19.4 Å². The molecular weight excluding hydrogens is 234 g/mol. The molecular formula is C13H21NO4. The molecule has 2 heterocycles. The van der Waals surface area contributed by atoms with Crippen molar-refractivity contribution in [3.8, 4) is 0 Å². The van der Waals surface area contributed by atoms with E-state index in [-0.39, 0.29) is 18.3 Å². The van der Waals surface area contributed by atoms with Gasteiger partial charge in [0.15, 0.2) is 5.78 Å². The third-order valence-electron chi connectivity index (χ3n) is 3.87. The molecule has 2 saturated heterocycles. The summed E-state index contributed by atoms with van der Waals surface area (Å²) in [5, 5.41) is 9.67. The Morgan fingerprint density at radius 1 is 1.28 bits per heavy atom. The van der Waals surface area contributed by atoms with Crippen LogP contribution >= 0.6 is 0 Å². The molecule has 0 aromatic heterocycles. The van der Waals surface area contributed by atoms with Crippen molar-refractivity contribution in [3.05, 3.63) is 0 Å². The van der Waals surface area contributed by atoms with E-state index in [1.807, 2.05) is 0 Å². The van der Waals surface area contributed by atoms with Gasteiger partial charge in [-0.05, 0) is 32.6 Å². The molecule has 2 bridgehead atoms. The van der Waals surface area contributed by atoms with E-state index in [4.69, 9.17) is 4.74 Å². The Morgan fingerprint density at radius 3 is 2.44 bits per heavy atom. The fourth-order valence-electron chi connectivity index (χ4n) is 3.14. The number of aliphatic hydroxyl groups is 1. The predicted molar refractivity (Wildman–Crippen MR) is 65.0 cm³/mol. The highest BCUT2D eigenvalue weighted by Crippen LogP contribution is 2.35. The molecule has 18 heavy (non-hydrogen) atoms. The van der Waals surface area contributed by atoms with Crippen LogP contribution in [-0.2, 0) is 14.3 Å². The summed E-state index contributed by atoms with van der Waals surface area (Å²) >= 11 is 0. The van der Waals surface area contributed by atoms with Crippen molar-refractivity contribution in [2.24, 2.45) is 0 Å². The molecule has 1 N–H and O–H groups in total. The molecule has 0 aliphatic carbocycles. The van der Waals surface area contributed by atoms with Gasteiger partial charge in [-0.2, -0.15) is 0 Å². The number of piperidine rings is 1. The smallest absolute Gasteiger partial charge is 0.313 e. The zero-order valence-corrected chi connectivity index (χ0v) is 10.8. The van der Waals surface area contributed by atoms with Gasteiger partial charge in [-0.1, -0.05) is 0 Å². The summed E-state index contributed by atoms with van der Waals surface area (Å²) in [5.41, 5.74) is 0. The van der Waals surface area contributed by atoms with Crippen LogP contribution in [0, 0.1) is 0 Å². The van der Waals surface area contributed by atoms with Gasteiger partial charge in [0, 0.05) is 12.1 Å². The minimum absolute atomic E-state index is 0.0817. The van der Waals surface area contributed by atoms with Crippen LogP contribution in [0.2, 0.25) is 0 Å². The molecule has 102 valence electrons. The average Bonchev–Trinajstić information content (AvgIpc) is 2.54.